The molecule has 0 heterocycles. The van der Waals surface area contributed by atoms with Crippen molar-refractivity contribution in [3.63, 3.8) is 0 Å². The largest absolute Gasteiger partial charge is 0.395 e. The molecule has 4 nitrogen and oxygen atoms in total. The zero-order valence-electron chi connectivity index (χ0n) is 11.9. The van der Waals surface area contributed by atoms with Gasteiger partial charge in [0, 0.05) is 18.6 Å². The second kappa shape index (κ2) is 8.48. The highest BCUT2D eigenvalue weighted by molar-refractivity contribution is 5.81. The molecule has 102 valence electrons. The summed E-state index contributed by atoms with van der Waals surface area (Å²) in [6.07, 6.45) is 1.99. The maximum absolute atomic E-state index is 12.0. The van der Waals surface area contributed by atoms with E-state index in [1.165, 1.54) is 0 Å². The first-order valence-electron chi connectivity index (χ1n) is 6.64. The zero-order valence-corrected chi connectivity index (χ0v) is 11.9. The van der Waals surface area contributed by atoms with Gasteiger partial charge in [-0.1, -0.05) is 13.8 Å². The predicted molar refractivity (Wildman–Crippen MR) is 70.9 cm³/mol. The normalized spacial score (nSPS) is 13.5. The third-order valence-electron chi connectivity index (χ3n) is 3.08. The van der Waals surface area contributed by atoms with Crippen LogP contribution in [-0.4, -0.2) is 47.2 Å². The molecule has 0 spiro atoms. The molecule has 0 aromatic rings. The Hall–Kier alpha value is -0.610. The molecule has 0 rings (SSSR count). The van der Waals surface area contributed by atoms with Gasteiger partial charge in [-0.05, 0) is 33.6 Å². The van der Waals surface area contributed by atoms with E-state index in [1.807, 2.05) is 20.8 Å². The van der Waals surface area contributed by atoms with E-state index in [9.17, 15) is 4.79 Å². The maximum atomic E-state index is 12.0. The van der Waals surface area contributed by atoms with Crippen molar-refractivity contribution in [2.75, 3.05) is 13.2 Å². The molecule has 1 atom stereocenters. The lowest BCUT2D eigenvalue weighted by atomic mass is 10.1. The fourth-order valence-corrected chi connectivity index (χ4v) is 2.12. The van der Waals surface area contributed by atoms with Crippen LogP contribution in [0.3, 0.4) is 0 Å². The van der Waals surface area contributed by atoms with Crippen molar-refractivity contribution in [2.45, 2.75) is 65.6 Å². The molecule has 0 aliphatic heterocycles. The van der Waals surface area contributed by atoms with Crippen LogP contribution in [0.4, 0.5) is 0 Å². The Morgan fingerprint density at radius 2 is 1.76 bits per heavy atom. The molecule has 0 radical (unpaired) electrons. The Balaban J connectivity index is 4.62. The summed E-state index contributed by atoms with van der Waals surface area (Å²) in [4.78, 5) is 14.1. The van der Waals surface area contributed by atoms with Gasteiger partial charge in [0.05, 0.1) is 12.6 Å². The summed E-state index contributed by atoms with van der Waals surface area (Å²) in [5, 5.41) is 12.0. The highest BCUT2D eigenvalue weighted by atomic mass is 16.3. The zero-order chi connectivity index (χ0) is 13.4. The van der Waals surface area contributed by atoms with Gasteiger partial charge in [-0.2, -0.15) is 0 Å². The Morgan fingerprint density at radius 1 is 1.24 bits per heavy atom. The van der Waals surface area contributed by atoms with Crippen LogP contribution in [-0.2, 0) is 4.79 Å². The van der Waals surface area contributed by atoms with Crippen LogP contribution >= 0.6 is 0 Å². The molecule has 1 unspecified atom stereocenters. The van der Waals surface area contributed by atoms with Crippen molar-refractivity contribution in [3.8, 4) is 0 Å². The molecule has 0 aromatic heterocycles. The molecule has 17 heavy (non-hydrogen) atoms. The molecule has 0 bridgehead atoms. The van der Waals surface area contributed by atoms with Crippen molar-refractivity contribution >= 4 is 5.91 Å². The topological polar surface area (TPSA) is 52.6 Å². The van der Waals surface area contributed by atoms with E-state index in [2.05, 4.69) is 24.1 Å². The summed E-state index contributed by atoms with van der Waals surface area (Å²) >= 11 is 0. The summed E-state index contributed by atoms with van der Waals surface area (Å²) in [7, 11) is 0. The first-order valence-corrected chi connectivity index (χ1v) is 6.64. The smallest absolute Gasteiger partial charge is 0.237 e. The van der Waals surface area contributed by atoms with E-state index in [1.54, 1.807) is 0 Å². The van der Waals surface area contributed by atoms with Gasteiger partial charge >= 0.3 is 0 Å². The molecular formula is C13H28N2O2. The fourth-order valence-electron chi connectivity index (χ4n) is 2.12. The summed E-state index contributed by atoms with van der Waals surface area (Å²) in [5.41, 5.74) is 0. The fraction of sp³-hybridized carbons (Fsp3) is 0.923. The quantitative estimate of drug-likeness (QED) is 0.678. The van der Waals surface area contributed by atoms with E-state index >= 15 is 0 Å². The van der Waals surface area contributed by atoms with Crippen molar-refractivity contribution in [3.05, 3.63) is 0 Å². The molecule has 1 amide bonds. The summed E-state index contributed by atoms with van der Waals surface area (Å²) in [6.45, 7) is 10.7. The minimum atomic E-state index is -0.186. The van der Waals surface area contributed by atoms with Crippen molar-refractivity contribution < 1.29 is 9.90 Å². The highest BCUT2D eigenvalue weighted by Gasteiger charge is 2.25. The third-order valence-corrected chi connectivity index (χ3v) is 3.08. The molecular weight excluding hydrogens is 216 g/mol. The van der Waals surface area contributed by atoms with Crippen molar-refractivity contribution in [2.24, 2.45) is 0 Å². The molecule has 4 heteroatoms. The van der Waals surface area contributed by atoms with Crippen molar-refractivity contribution in [1.82, 2.24) is 10.2 Å². The molecule has 0 fully saturated rings. The second-order valence-corrected chi connectivity index (χ2v) is 4.77. The minimum Gasteiger partial charge on any atom is -0.395 e. The number of carbonyl (C=O) groups excluding carboxylic acids is 1. The lowest BCUT2D eigenvalue weighted by Crippen LogP contribution is -2.51. The average Bonchev–Trinajstić information content (AvgIpc) is 2.27. The second-order valence-electron chi connectivity index (χ2n) is 4.77. The van der Waals surface area contributed by atoms with Crippen molar-refractivity contribution in [1.29, 1.82) is 0 Å². The lowest BCUT2D eigenvalue weighted by molar-refractivity contribution is -0.127. The van der Waals surface area contributed by atoms with Gasteiger partial charge in [0.25, 0.3) is 0 Å². The summed E-state index contributed by atoms with van der Waals surface area (Å²) < 4.78 is 0. The number of nitrogens with one attached hydrogen (secondary N) is 1. The third kappa shape index (κ3) is 5.50. The van der Waals surface area contributed by atoms with Crippen LogP contribution in [0.1, 0.15) is 47.5 Å². The number of aliphatic hydroxyl groups excluding tert-OH is 1. The van der Waals surface area contributed by atoms with Crippen LogP contribution < -0.4 is 5.32 Å². The van der Waals surface area contributed by atoms with E-state index in [0.29, 0.717) is 12.6 Å². The SMILES string of the molecule is CCC(CC)N(CCO)C(C)C(=O)NC(C)C. The number of carbonyl (C=O) groups is 1. The van der Waals surface area contributed by atoms with Crippen LogP contribution in [0.2, 0.25) is 0 Å². The van der Waals surface area contributed by atoms with Gasteiger partial charge in [-0.25, -0.2) is 0 Å². The van der Waals surface area contributed by atoms with Crippen LogP contribution in [0.15, 0.2) is 0 Å². The van der Waals surface area contributed by atoms with Gasteiger partial charge in [0.1, 0.15) is 0 Å². The Morgan fingerprint density at radius 3 is 2.12 bits per heavy atom. The maximum Gasteiger partial charge on any atom is 0.237 e. The van der Waals surface area contributed by atoms with Gasteiger partial charge in [-0.3, -0.25) is 9.69 Å². The molecule has 0 aromatic carbocycles. The molecule has 0 saturated heterocycles. The number of aliphatic hydroxyl groups is 1. The number of nitrogens with zero attached hydrogens (tertiary/aromatic N) is 1. The van der Waals surface area contributed by atoms with E-state index in [0.717, 1.165) is 12.8 Å². The van der Waals surface area contributed by atoms with Crippen LogP contribution in [0, 0.1) is 0 Å². The molecule has 0 aliphatic rings. The average molecular weight is 244 g/mol. The van der Waals surface area contributed by atoms with Gasteiger partial charge in [0.2, 0.25) is 5.91 Å². The highest BCUT2D eigenvalue weighted by Crippen LogP contribution is 2.12. The standard InChI is InChI=1S/C13H28N2O2/c1-6-12(7-2)15(8-9-16)11(5)13(17)14-10(3)4/h10-12,16H,6-9H2,1-5H3,(H,14,17). The number of amides is 1. The lowest BCUT2D eigenvalue weighted by Gasteiger charge is -2.34. The van der Waals surface area contributed by atoms with E-state index in [-0.39, 0.29) is 24.6 Å². The van der Waals surface area contributed by atoms with Gasteiger partial charge in [0.15, 0.2) is 0 Å². The van der Waals surface area contributed by atoms with Crippen LogP contribution in [0.5, 0.6) is 0 Å². The first-order chi connectivity index (χ1) is 7.97. The monoisotopic (exact) mass is 244 g/mol. The number of hydrogen-bond donors (Lipinski definition) is 2. The Bertz CT molecular complexity index is 215. The predicted octanol–water partition coefficient (Wildman–Crippen LogP) is 1.38. The van der Waals surface area contributed by atoms with E-state index < -0.39 is 0 Å². The Labute approximate surface area is 105 Å². The minimum absolute atomic E-state index is 0.0420. The van der Waals surface area contributed by atoms with Crippen LogP contribution in [0.25, 0.3) is 0 Å². The first kappa shape index (κ1) is 16.4. The molecule has 2 N–H and O–H groups in total. The number of rotatable bonds is 8. The number of hydrogen-bond acceptors (Lipinski definition) is 3. The molecule has 0 saturated carbocycles. The van der Waals surface area contributed by atoms with Gasteiger partial charge < -0.3 is 10.4 Å². The summed E-state index contributed by atoms with van der Waals surface area (Å²) in [5.74, 6) is 0.0420. The summed E-state index contributed by atoms with van der Waals surface area (Å²) in [6, 6.07) is 0.326. The van der Waals surface area contributed by atoms with Gasteiger partial charge in [-0.15, -0.1) is 0 Å². The van der Waals surface area contributed by atoms with E-state index in [4.69, 9.17) is 5.11 Å². The Kier molecular flexibility index (Phi) is 8.17. The molecule has 0 aliphatic carbocycles.